The molecule has 0 aromatic carbocycles. The Hall–Kier alpha value is -3.41. The van der Waals surface area contributed by atoms with Gasteiger partial charge in [-0.1, -0.05) is 241 Å². The number of esters is 3. The van der Waals surface area contributed by atoms with Gasteiger partial charge >= 0.3 is 17.9 Å². The Kier molecular flexibility index (Phi) is 52.4. The summed E-state index contributed by atoms with van der Waals surface area (Å²) < 4.78 is 16.8. The minimum atomic E-state index is -0.806. The first kappa shape index (κ1) is 63.6. The highest BCUT2D eigenvalue weighted by molar-refractivity contribution is 5.71. The third-order valence-corrected chi connectivity index (χ3v) is 11.9. The predicted octanol–water partition coefficient (Wildman–Crippen LogP) is 18.8. The smallest absolute Gasteiger partial charge is 0.306 e. The van der Waals surface area contributed by atoms with Crippen molar-refractivity contribution in [2.45, 2.75) is 271 Å². The van der Waals surface area contributed by atoms with Gasteiger partial charge in [0.1, 0.15) is 13.2 Å². The van der Waals surface area contributed by atoms with Crippen LogP contribution in [0.2, 0.25) is 0 Å². The molecule has 0 aliphatic rings. The van der Waals surface area contributed by atoms with Crippen molar-refractivity contribution in [1.82, 2.24) is 0 Å². The fraction of sp³-hybridized carbons (Fsp3) is 0.721. The average molecular weight is 933 g/mol. The highest BCUT2D eigenvalue weighted by Gasteiger charge is 2.19. The van der Waals surface area contributed by atoms with E-state index in [9.17, 15) is 14.4 Å². The Bertz CT molecular complexity index is 1300. The molecule has 0 aliphatic heterocycles. The van der Waals surface area contributed by atoms with Crippen LogP contribution in [0.1, 0.15) is 265 Å². The lowest BCUT2D eigenvalue weighted by molar-refractivity contribution is -0.167. The number of hydrogen-bond acceptors (Lipinski definition) is 6. The first-order valence-corrected chi connectivity index (χ1v) is 28.1. The quantitative estimate of drug-likeness (QED) is 0.0262. The molecule has 0 N–H and O–H groups in total. The first-order valence-electron chi connectivity index (χ1n) is 28.1. The van der Waals surface area contributed by atoms with E-state index in [1.165, 1.54) is 135 Å². The van der Waals surface area contributed by atoms with E-state index < -0.39 is 6.10 Å². The van der Waals surface area contributed by atoms with Crippen molar-refractivity contribution in [2.75, 3.05) is 13.2 Å². The molecule has 0 spiro atoms. The molecule has 0 radical (unpaired) electrons. The predicted molar refractivity (Wildman–Crippen MR) is 288 cm³/mol. The van der Waals surface area contributed by atoms with Crippen molar-refractivity contribution in [3.63, 3.8) is 0 Å². The molecule has 0 heterocycles. The second-order valence-electron chi connectivity index (χ2n) is 18.5. The highest BCUT2D eigenvalue weighted by atomic mass is 16.6. The van der Waals surface area contributed by atoms with Gasteiger partial charge in [0.05, 0.1) is 0 Å². The lowest BCUT2D eigenvalue weighted by atomic mass is 10.0. The van der Waals surface area contributed by atoms with E-state index >= 15 is 0 Å². The van der Waals surface area contributed by atoms with Gasteiger partial charge in [0.15, 0.2) is 6.10 Å². The Balaban J connectivity index is 4.45. The molecule has 67 heavy (non-hydrogen) atoms. The molecule has 0 rings (SSSR count). The molecule has 6 nitrogen and oxygen atoms in total. The van der Waals surface area contributed by atoms with Crippen molar-refractivity contribution in [3.8, 4) is 0 Å². The molecule has 0 aromatic heterocycles. The average Bonchev–Trinajstić information content (AvgIpc) is 3.33. The van der Waals surface area contributed by atoms with Gasteiger partial charge in [-0.15, -0.1) is 0 Å². The van der Waals surface area contributed by atoms with E-state index in [0.717, 1.165) is 83.5 Å². The number of carbonyl (C=O) groups excluding carboxylic acids is 3. The van der Waals surface area contributed by atoms with E-state index in [1.54, 1.807) is 0 Å². The summed E-state index contributed by atoms with van der Waals surface area (Å²) in [6.45, 7) is 6.46. The summed E-state index contributed by atoms with van der Waals surface area (Å²) in [6.07, 6.45) is 71.4. The van der Waals surface area contributed by atoms with E-state index in [2.05, 4.69) is 106 Å². The molecule has 6 heteroatoms. The summed E-state index contributed by atoms with van der Waals surface area (Å²) in [6, 6.07) is 0. The monoisotopic (exact) mass is 933 g/mol. The lowest BCUT2D eigenvalue weighted by Crippen LogP contribution is -2.30. The number of ether oxygens (including phenoxy) is 3. The minimum Gasteiger partial charge on any atom is -0.462 e. The molecular formula is C61H104O6. The van der Waals surface area contributed by atoms with Gasteiger partial charge in [-0.05, 0) is 89.9 Å². The standard InChI is InChI=1S/C61H104O6/c1-4-7-10-13-16-19-22-25-27-29-30-32-33-36-39-42-45-48-51-54-60(63)66-57-58(56-65-59(62)53-50-47-44-41-38-35-24-21-18-15-12-9-6-3)67-61(64)55-52-49-46-43-40-37-34-31-28-26-23-20-17-14-11-8-5-2/h8,11,16-17,19-20,25-28,34,37,43,46,58H,4-7,9-10,12-15,18,21-24,29-33,35-36,38-42,44-45,47-57H2,1-3H3/b11-8-,19-16-,20-17-,27-25-,28-26-,37-34-,46-43-/t58-/m1/s1. The molecule has 1 atom stereocenters. The fourth-order valence-electron chi connectivity index (χ4n) is 7.68. The van der Waals surface area contributed by atoms with Crippen LogP contribution >= 0.6 is 0 Å². The molecular weight excluding hydrogens is 829 g/mol. The normalized spacial score (nSPS) is 12.7. The van der Waals surface area contributed by atoms with Crippen molar-refractivity contribution in [3.05, 3.63) is 85.1 Å². The van der Waals surface area contributed by atoms with Crippen LogP contribution in [0.5, 0.6) is 0 Å². The van der Waals surface area contributed by atoms with Crippen LogP contribution in [0.4, 0.5) is 0 Å². The van der Waals surface area contributed by atoms with Crippen LogP contribution in [0.3, 0.4) is 0 Å². The van der Waals surface area contributed by atoms with Crippen LogP contribution in [-0.4, -0.2) is 37.2 Å². The summed E-state index contributed by atoms with van der Waals surface area (Å²) in [5.41, 5.74) is 0. The molecule has 0 aromatic rings. The van der Waals surface area contributed by atoms with Gasteiger partial charge in [0, 0.05) is 19.3 Å². The van der Waals surface area contributed by atoms with Gasteiger partial charge < -0.3 is 14.2 Å². The van der Waals surface area contributed by atoms with Crippen molar-refractivity contribution >= 4 is 17.9 Å². The Morgan fingerprint density at radius 1 is 0.313 bits per heavy atom. The number of rotatable bonds is 50. The first-order chi connectivity index (χ1) is 33.0. The maximum atomic E-state index is 12.8. The van der Waals surface area contributed by atoms with Gasteiger partial charge in [-0.25, -0.2) is 0 Å². The Morgan fingerprint density at radius 3 is 0.985 bits per heavy atom. The van der Waals surface area contributed by atoms with Crippen molar-refractivity contribution in [2.24, 2.45) is 0 Å². The van der Waals surface area contributed by atoms with Crippen molar-refractivity contribution < 1.29 is 28.6 Å². The number of allylic oxidation sites excluding steroid dienone is 14. The molecule has 0 aliphatic carbocycles. The van der Waals surface area contributed by atoms with Gasteiger partial charge in [-0.2, -0.15) is 0 Å². The number of unbranched alkanes of at least 4 members (excludes halogenated alkanes) is 25. The topological polar surface area (TPSA) is 78.9 Å². The molecule has 0 unspecified atom stereocenters. The molecule has 0 amide bonds. The summed E-state index contributed by atoms with van der Waals surface area (Å²) in [5.74, 6) is -0.957. The Labute approximate surface area is 414 Å². The maximum Gasteiger partial charge on any atom is 0.306 e. The molecule has 0 saturated heterocycles. The second-order valence-corrected chi connectivity index (χ2v) is 18.5. The maximum absolute atomic E-state index is 12.8. The largest absolute Gasteiger partial charge is 0.462 e. The van der Waals surface area contributed by atoms with Crippen LogP contribution in [0.15, 0.2) is 85.1 Å². The van der Waals surface area contributed by atoms with E-state index in [0.29, 0.717) is 19.3 Å². The van der Waals surface area contributed by atoms with Gasteiger partial charge in [-0.3, -0.25) is 14.4 Å². The van der Waals surface area contributed by atoms with Gasteiger partial charge in [0.2, 0.25) is 0 Å². The zero-order chi connectivity index (χ0) is 48.6. The summed E-state index contributed by atoms with van der Waals surface area (Å²) >= 11 is 0. The van der Waals surface area contributed by atoms with Crippen LogP contribution < -0.4 is 0 Å². The summed E-state index contributed by atoms with van der Waals surface area (Å²) in [4.78, 5) is 38.1. The third-order valence-electron chi connectivity index (χ3n) is 11.9. The molecule has 0 bridgehead atoms. The number of hydrogen-bond donors (Lipinski definition) is 0. The summed E-state index contributed by atoms with van der Waals surface area (Å²) in [5, 5.41) is 0. The van der Waals surface area contributed by atoms with Gasteiger partial charge in [0.25, 0.3) is 0 Å². The van der Waals surface area contributed by atoms with E-state index in [-0.39, 0.29) is 37.5 Å². The second kappa shape index (κ2) is 55.2. The fourth-order valence-corrected chi connectivity index (χ4v) is 7.68. The third kappa shape index (κ3) is 53.4. The van der Waals surface area contributed by atoms with E-state index in [4.69, 9.17) is 14.2 Å². The molecule has 384 valence electrons. The van der Waals surface area contributed by atoms with Crippen LogP contribution in [-0.2, 0) is 28.6 Å². The van der Waals surface area contributed by atoms with E-state index in [1.807, 2.05) is 0 Å². The number of carbonyl (C=O) groups is 3. The zero-order valence-electron chi connectivity index (χ0n) is 43.9. The summed E-state index contributed by atoms with van der Waals surface area (Å²) in [7, 11) is 0. The van der Waals surface area contributed by atoms with Crippen LogP contribution in [0.25, 0.3) is 0 Å². The SMILES string of the molecule is CC/C=C\C/C=C\C/C=C\C/C=C\C/C=C\CCCC(=O)O[C@@H](COC(=O)CCCCCCCCCCC/C=C\C/C=C\CCCCC)COC(=O)CCCCCCCCCCCCCCC. The van der Waals surface area contributed by atoms with Crippen LogP contribution in [0, 0.1) is 0 Å². The highest BCUT2D eigenvalue weighted by Crippen LogP contribution is 2.15. The molecule has 0 fully saturated rings. The van der Waals surface area contributed by atoms with Crippen molar-refractivity contribution in [1.29, 1.82) is 0 Å². The lowest BCUT2D eigenvalue weighted by Gasteiger charge is -2.18. The molecule has 0 saturated carbocycles. The minimum absolute atomic E-state index is 0.0986. The Morgan fingerprint density at radius 2 is 0.597 bits per heavy atom. The zero-order valence-corrected chi connectivity index (χ0v) is 43.9.